The highest BCUT2D eigenvalue weighted by atomic mass is 16.5. The molecule has 35 heavy (non-hydrogen) atoms. The maximum Gasteiger partial charge on any atom is 0.262 e. The van der Waals surface area contributed by atoms with Gasteiger partial charge in [-0.2, -0.15) is 5.26 Å². The van der Waals surface area contributed by atoms with Crippen molar-refractivity contribution >= 4 is 22.9 Å². The first-order valence-corrected chi connectivity index (χ1v) is 11.7. The van der Waals surface area contributed by atoms with Gasteiger partial charge in [0.05, 0.1) is 6.54 Å². The number of aromatic nitrogens is 1. The van der Waals surface area contributed by atoms with Gasteiger partial charge in [0.2, 0.25) is 0 Å². The smallest absolute Gasteiger partial charge is 0.262 e. The van der Waals surface area contributed by atoms with Gasteiger partial charge < -0.3 is 14.6 Å². The number of carbonyl (C=O) groups excluding carboxylic acids is 1. The number of hydrogen-bond acceptors (Lipinski definition) is 3. The van der Waals surface area contributed by atoms with Gasteiger partial charge in [-0.05, 0) is 55.7 Å². The first-order valence-electron chi connectivity index (χ1n) is 11.7. The van der Waals surface area contributed by atoms with Crippen LogP contribution in [0.5, 0.6) is 5.75 Å². The van der Waals surface area contributed by atoms with Crippen LogP contribution in [0.2, 0.25) is 0 Å². The van der Waals surface area contributed by atoms with E-state index in [0.29, 0.717) is 19.7 Å². The molecule has 5 heteroatoms. The van der Waals surface area contributed by atoms with E-state index in [1.807, 2.05) is 62.4 Å². The van der Waals surface area contributed by atoms with Crippen molar-refractivity contribution in [3.05, 3.63) is 106 Å². The molecule has 1 aromatic heterocycles. The second-order valence-corrected chi connectivity index (χ2v) is 8.62. The Kier molecular flexibility index (Phi) is 7.32. The molecule has 1 heterocycles. The fourth-order valence-corrected chi connectivity index (χ4v) is 4.20. The molecule has 1 N–H and O–H groups in total. The van der Waals surface area contributed by atoms with Crippen LogP contribution in [0, 0.1) is 32.1 Å². The topological polar surface area (TPSA) is 67.0 Å². The summed E-state index contributed by atoms with van der Waals surface area (Å²) < 4.78 is 8.28. The number of aryl methyl sites for hydroxylation is 2. The van der Waals surface area contributed by atoms with Crippen LogP contribution in [-0.4, -0.2) is 17.1 Å². The zero-order chi connectivity index (χ0) is 24.8. The highest BCUT2D eigenvalue weighted by molar-refractivity contribution is 6.04. The number of nitrogens with zero attached hydrogens (tertiary/aromatic N) is 2. The summed E-state index contributed by atoms with van der Waals surface area (Å²) in [6, 6.07) is 26.0. The molecule has 0 aliphatic rings. The molecule has 3 aromatic carbocycles. The van der Waals surface area contributed by atoms with E-state index in [-0.39, 0.29) is 11.5 Å². The van der Waals surface area contributed by atoms with Crippen LogP contribution >= 0.6 is 0 Å². The lowest BCUT2D eigenvalue weighted by Crippen LogP contribution is -2.23. The van der Waals surface area contributed by atoms with Crippen molar-refractivity contribution in [3.63, 3.8) is 0 Å². The number of hydrogen-bond donors (Lipinski definition) is 1. The van der Waals surface area contributed by atoms with Crippen LogP contribution < -0.4 is 10.1 Å². The minimum atomic E-state index is -0.383. The minimum absolute atomic E-state index is 0.0820. The Morgan fingerprint density at radius 2 is 1.77 bits per heavy atom. The minimum Gasteiger partial charge on any atom is -0.491 e. The first kappa shape index (κ1) is 23.8. The normalized spacial score (nSPS) is 11.3. The molecule has 0 aliphatic carbocycles. The predicted octanol–water partition coefficient (Wildman–Crippen LogP) is 5.87. The number of nitrogens with one attached hydrogen (secondary N) is 1. The Hall–Kier alpha value is -4.30. The largest absolute Gasteiger partial charge is 0.491 e. The molecule has 0 atom stereocenters. The molecule has 0 unspecified atom stereocenters. The summed E-state index contributed by atoms with van der Waals surface area (Å²) in [5, 5.41) is 13.6. The summed E-state index contributed by atoms with van der Waals surface area (Å²) in [6.07, 6.45) is 1.69. The van der Waals surface area contributed by atoms with Crippen molar-refractivity contribution < 1.29 is 9.53 Å². The van der Waals surface area contributed by atoms with Crippen LogP contribution in [-0.2, 0) is 17.9 Å². The van der Waals surface area contributed by atoms with Gasteiger partial charge in [0.1, 0.15) is 24.0 Å². The van der Waals surface area contributed by atoms with Crippen molar-refractivity contribution in [1.82, 2.24) is 9.88 Å². The summed E-state index contributed by atoms with van der Waals surface area (Å²) in [6.45, 7) is 7.64. The summed E-state index contributed by atoms with van der Waals surface area (Å²) in [5.41, 5.74) is 6.23. The Balaban J connectivity index is 1.57. The Labute approximate surface area is 206 Å². The van der Waals surface area contributed by atoms with Crippen molar-refractivity contribution in [2.75, 3.05) is 6.61 Å². The molecule has 0 saturated heterocycles. The summed E-state index contributed by atoms with van der Waals surface area (Å²) >= 11 is 0. The fourth-order valence-electron chi connectivity index (χ4n) is 4.20. The Morgan fingerprint density at radius 1 is 1.03 bits per heavy atom. The van der Waals surface area contributed by atoms with Gasteiger partial charge in [-0.1, -0.05) is 60.7 Å². The Bertz CT molecular complexity index is 1430. The van der Waals surface area contributed by atoms with Crippen molar-refractivity contribution in [2.24, 2.45) is 0 Å². The molecule has 1 amide bonds. The van der Waals surface area contributed by atoms with Gasteiger partial charge in [-0.25, -0.2) is 0 Å². The van der Waals surface area contributed by atoms with E-state index >= 15 is 0 Å². The van der Waals surface area contributed by atoms with E-state index in [1.54, 1.807) is 6.08 Å². The molecule has 4 rings (SSSR count). The first-order chi connectivity index (χ1) is 17.0. The number of fused-ring (bicyclic) bond motifs is 1. The van der Waals surface area contributed by atoms with Gasteiger partial charge in [-0.15, -0.1) is 0 Å². The monoisotopic (exact) mass is 463 g/mol. The molecule has 0 saturated carbocycles. The Morgan fingerprint density at radius 3 is 2.54 bits per heavy atom. The van der Waals surface area contributed by atoms with Gasteiger partial charge in [0.15, 0.2) is 0 Å². The van der Waals surface area contributed by atoms with Gasteiger partial charge in [-0.3, -0.25) is 4.79 Å². The van der Waals surface area contributed by atoms with Crippen LogP contribution in [0.1, 0.15) is 27.9 Å². The lowest BCUT2D eigenvalue weighted by molar-refractivity contribution is -0.117. The van der Waals surface area contributed by atoms with E-state index in [0.717, 1.165) is 44.6 Å². The molecule has 5 nitrogen and oxygen atoms in total. The summed E-state index contributed by atoms with van der Waals surface area (Å²) in [5.74, 6) is 0.506. The number of para-hydroxylation sites is 1. The number of benzene rings is 3. The van der Waals surface area contributed by atoms with Gasteiger partial charge in [0, 0.05) is 28.7 Å². The van der Waals surface area contributed by atoms with E-state index in [1.165, 1.54) is 0 Å². The predicted molar refractivity (Wildman–Crippen MR) is 140 cm³/mol. The lowest BCUT2D eigenvalue weighted by Gasteiger charge is -2.12. The van der Waals surface area contributed by atoms with E-state index in [2.05, 4.69) is 47.1 Å². The SMILES string of the molecule is Cc1ccc(C)c(OCCn2c(C)c(/C=C(\C#N)C(=O)NCc3ccccc3)c3ccccc32)c1. The zero-order valence-corrected chi connectivity index (χ0v) is 20.3. The third kappa shape index (κ3) is 5.44. The van der Waals surface area contributed by atoms with Gasteiger partial charge >= 0.3 is 0 Å². The van der Waals surface area contributed by atoms with E-state index in [9.17, 15) is 10.1 Å². The third-order valence-corrected chi connectivity index (χ3v) is 6.15. The van der Waals surface area contributed by atoms with Crippen molar-refractivity contribution in [2.45, 2.75) is 33.9 Å². The maximum absolute atomic E-state index is 12.8. The average Bonchev–Trinajstić information content (AvgIpc) is 3.14. The molecule has 176 valence electrons. The van der Waals surface area contributed by atoms with Crippen molar-refractivity contribution in [1.29, 1.82) is 5.26 Å². The van der Waals surface area contributed by atoms with E-state index < -0.39 is 0 Å². The van der Waals surface area contributed by atoms with E-state index in [4.69, 9.17) is 4.74 Å². The fraction of sp³-hybridized carbons (Fsp3) is 0.200. The van der Waals surface area contributed by atoms with Crippen LogP contribution in [0.15, 0.2) is 78.4 Å². The number of rotatable bonds is 8. The number of carbonyl (C=O) groups is 1. The third-order valence-electron chi connectivity index (χ3n) is 6.15. The van der Waals surface area contributed by atoms with Crippen molar-refractivity contribution in [3.8, 4) is 11.8 Å². The standard InChI is InChI=1S/C30H29N3O2/c1-21-13-14-22(2)29(17-21)35-16-15-33-23(3)27(26-11-7-8-12-28(26)33)18-25(19-31)30(34)32-20-24-9-5-4-6-10-24/h4-14,17-18H,15-16,20H2,1-3H3,(H,32,34)/b25-18+. The second-order valence-electron chi connectivity index (χ2n) is 8.62. The van der Waals surface area contributed by atoms with Crippen LogP contribution in [0.3, 0.4) is 0 Å². The molecule has 0 fully saturated rings. The van der Waals surface area contributed by atoms with Crippen LogP contribution in [0.4, 0.5) is 0 Å². The maximum atomic E-state index is 12.8. The molecule has 0 bridgehead atoms. The molecular formula is C30H29N3O2. The second kappa shape index (κ2) is 10.8. The molecule has 0 radical (unpaired) electrons. The van der Waals surface area contributed by atoms with Gasteiger partial charge in [0.25, 0.3) is 5.91 Å². The summed E-state index contributed by atoms with van der Waals surface area (Å²) in [4.78, 5) is 12.8. The van der Waals surface area contributed by atoms with Crippen LogP contribution in [0.25, 0.3) is 17.0 Å². The summed E-state index contributed by atoms with van der Waals surface area (Å²) in [7, 11) is 0. The molecule has 0 spiro atoms. The molecule has 0 aliphatic heterocycles. The highest BCUT2D eigenvalue weighted by Crippen LogP contribution is 2.28. The lowest BCUT2D eigenvalue weighted by atomic mass is 10.1. The average molecular weight is 464 g/mol. The molecule has 4 aromatic rings. The number of ether oxygens (including phenoxy) is 1. The number of amides is 1. The quantitative estimate of drug-likeness (QED) is 0.263. The molecular weight excluding hydrogens is 434 g/mol. The zero-order valence-electron chi connectivity index (χ0n) is 20.3. The highest BCUT2D eigenvalue weighted by Gasteiger charge is 2.16. The number of nitriles is 1.